The molecule has 172 valence electrons. The molecule has 0 aromatic heterocycles. The van der Waals surface area contributed by atoms with Crippen LogP contribution in [0.1, 0.15) is 52.6 Å². The number of benzene rings is 4. The van der Waals surface area contributed by atoms with Gasteiger partial charge in [-0.05, 0) is 46.9 Å². The zero-order valence-corrected chi connectivity index (χ0v) is 19.7. The zero-order valence-electron chi connectivity index (χ0n) is 19.7. The third-order valence-electron chi connectivity index (χ3n) is 6.92. The second kappa shape index (κ2) is 7.92. The summed E-state index contributed by atoms with van der Waals surface area (Å²) in [5.74, 6) is -0.970. The lowest BCUT2D eigenvalue weighted by molar-refractivity contribution is 0.101. The molecule has 0 fully saturated rings. The minimum atomic E-state index is -0.244. The number of hydrogen-bond donors (Lipinski definition) is 0. The maximum Gasteiger partial charge on any atom is 0.198 e. The van der Waals surface area contributed by atoms with Crippen molar-refractivity contribution in [2.24, 2.45) is 0 Å². The molecular formula is C32H20O4. The Kier molecular flexibility index (Phi) is 4.80. The van der Waals surface area contributed by atoms with Gasteiger partial charge in [-0.15, -0.1) is 0 Å². The van der Waals surface area contributed by atoms with Gasteiger partial charge in [0.15, 0.2) is 23.1 Å². The van der Waals surface area contributed by atoms with E-state index >= 15 is 0 Å². The van der Waals surface area contributed by atoms with E-state index in [1.165, 1.54) is 0 Å². The second-order valence-electron chi connectivity index (χ2n) is 9.32. The Morgan fingerprint density at radius 1 is 0.361 bits per heavy atom. The molecule has 0 N–H and O–H groups in total. The third kappa shape index (κ3) is 3.23. The number of aryl methyl sites for hydroxylation is 2. The smallest absolute Gasteiger partial charge is 0.198 e. The van der Waals surface area contributed by atoms with Crippen LogP contribution in [0.3, 0.4) is 0 Å². The summed E-state index contributed by atoms with van der Waals surface area (Å²) in [6.45, 7) is 3.79. The van der Waals surface area contributed by atoms with Crippen LogP contribution in [0, 0.1) is 24.3 Å². The molecular weight excluding hydrogens is 448 g/mol. The van der Waals surface area contributed by atoms with Gasteiger partial charge in [-0.3, -0.25) is 19.2 Å². The average molecular weight is 469 g/mol. The van der Waals surface area contributed by atoms with E-state index in [9.17, 15) is 19.2 Å². The van der Waals surface area contributed by atoms with Gasteiger partial charge in [0.2, 0.25) is 0 Å². The molecule has 0 atom stereocenters. The predicted octanol–water partition coefficient (Wildman–Crippen LogP) is 4.05. The van der Waals surface area contributed by atoms with Crippen molar-refractivity contribution in [2.45, 2.75) is 13.8 Å². The van der Waals surface area contributed by atoms with E-state index in [2.05, 4.69) is 0 Å². The largest absolute Gasteiger partial charge is 0.288 e. The minimum Gasteiger partial charge on any atom is -0.288 e. The van der Waals surface area contributed by atoms with E-state index in [1.807, 2.05) is 50.2 Å². The lowest BCUT2D eigenvalue weighted by atomic mass is 10.1. The SMILES string of the molecule is Cc1ccc2c(c1)C(=O)C(=c1ccc(=c3ccc(=C4C(=O)c5ccc(C)cc5C4=O)cc3)cc1)C2=O. The van der Waals surface area contributed by atoms with Gasteiger partial charge in [-0.25, -0.2) is 0 Å². The minimum absolute atomic E-state index is 0.196. The first-order chi connectivity index (χ1) is 17.3. The molecule has 4 heteroatoms. The number of hydrogen-bond acceptors (Lipinski definition) is 4. The molecule has 0 saturated carbocycles. The molecule has 4 nitrogen and oxygen atoms in total. The molecule has 4 aromatic carbocycles. The van der Waals surface area contributed by atoms with Crippen LogP contribution < -0.4 is 10.4 Å². The lowest BCUT2D eigenvalue weighted by Gasteiger charge is -1.96. The number of Topliss-reactive ketones (excluding diaryl/α,β-unsaturated/α-hetero) is 4. The Balaban J connectivity index is 1.43. The fraction of sp³-hybridized carbons (Fsp3) is 0.0625. The van der Waals surface area contributed by atoms with E-state index in [0.29, 0.717) is 32.7 Å². The highest BCUT2D eigenvalue weighted by molar-refractivity contribution is 6.56. The fourth-order valence-corrected chi connectivity index (χ4v) is 5.02. The van der Waals surface area contributed by atoms with E-state index in [1.54, 1.807) is 48.5 Å². The maximum atomic E-state index is 12.9. The highest BCUT2D eigenvalue weighted by atomic mass is 16.2. The highest BCUT2D eigenvalue weighted by Gasteiger charge is 2.34. The molecule has 0 heterocycles. The van der Waals surface area contributed by atoms with Gasteiger partial charge >= 0.3 is 0 Å². The standard InChI is InChI=1S/C32H20O4/c1-17-3-13-23-25(15-17)31(35)27(29(23)33)21-9-5-19(6-10-21)20-7-11-22(12-8-20)28-30(34)24-14-4-18(2)16-26(24)32(28)36/h3-16H,1-2H3. The van der Waals surface area contributed by atoms with Crippen molar-refractivity contribution in [3.63, 3.8) is 0 Å². The first-order valence-corrected chi connectivity index (χ1v) is 11.7. The molecule has 0 spiro atoms. The van der Waals surface area contributed by atoms with Crippen LogP contribution in [0.4, 0.5) is 0 Å². The summed E-state index contributed by atoms with van der Waals surface area (Å²) in [4.78, 5) is 51.6. The van der Waals surface area contributed by atoms with Crippen molar-refractivity contribution in [1.29, 1.82) is 0 Å². The van der Waals surface area contributed by atoms with E-state index in [4.69, 9.17) is 0 Å². The van der Waals surface area contributed by atoms with Gasteiger partial charge in [0.25, 0.3) is 0 Å². The van der Waals surface area contributed by atoms with Crippen LogP contribution >= 0.6 is 0 Å². The third-order valence-corrected chi connectivity index (χ3v) is 6.92. The molecule has 0 amide bonds. The Morgan fingerprint density at radius 3 is 1.03 bits per heavy atom. The molecule has 36 heavy (non-hydrogen) atoms. The van der Waals surface area contributed by atoms with Crippen LogP contribution in [-0.2, 0) is 0 Å². The predicted molar refractivity (Wildman–Crippen MR) is 136 cm³/mol. The Labute approximate surface area is 206 Å². The zero-order chi connectivity index (χ0) is 25.1. The van der Waals surface area contributed by atoms with Crippen LogP contribution in [0.5, 0.6) is 0 Å². The number of carbonyl (C=O) groups is 4. The monoisotopic (exact) mass is 468 g/mol. The maximum absolute atomic E-state index is 12.9. The molecule has 6 rings (SSSR count). The molecule has 0 saturated heterocycles. The van der Waals surface area contributed by atoms with E-state index < -0.39 is 0 Å². The summed E-state index contributed by atoms with van der Waals surface area (Å²) in [6, 6.07) is 25.2. The number of ketones is 4. The Bertz CT molecular complexity index is 1740. The van der Waals surface area contributed by atoms with Crippen molar-refractivity contribution >= 4 is 34.3 Å². The van der Waals surface area contributed by atoms with Crippen LogP contribution in [0.15, 0.2) is 84.9 Å². The number of carbonyl (C=O) groups excluding carboxylic acids is 4. The molecule has 0 aliphatic heterocycles. The topological polar surface area (TPSA) is 68.3 Å². The first-order valence-electron chi connectivity index (χ1n) is 11.7. The second-order valence-corrected chi connectivity index (χ2v) is 9.32. The summed E-state index contributed by atoms with van der Waals surface area (Å²) >= 11 is 0. The van der Waals surface area contributed by atoms with Gasteiger partial charge in [0.1, 0.15) is 0 Å². The van der Waals surface area contributed by atoms with E-state index in [-0.39, 0.29) is 34.3 Å². The molecule has 0 unspecified atom stereocenters. The normalized spacial score (nSPS) is 14.5. The molecule has 2 aliphatic carbocycles. The Hall–Kier alpha value is -4.70. The van der Waals surface area contributed by atoms with Crippen LogP contribution in [-0.4, -0.2) is 23.1 Å². The van der Waals surface area contributed by atoms with Gasteiger partial charge in [0, 0.05) is 22.3 Å². The van der Waals surface area contributed by atoms with Gasteiger partial charge in [-0.1, -0.05) is 83.9 Å². The summed E-state index contributed by atoms with van der Waals surface area (Å²) in [6.07, 6.45) is 0. The number of fused-ring (bicyclic) bond motifs is 2. The lowest BCUT2D eigenvalue weighted by Crippen LogP contribution is -2.14. The van der Waals surface area contributed by atoms with Gasteiger partial charge < -0.3 is 0 Å². The summed E-state index contributed by atoms with van der Waals surface area (Å²) in [5.41, 5.74) is 4.09. The fourth-order valence-electron chi connectivity index (χ4n) is 5.02. The molecule has 2 aliphatic rings. The van der Waals surface area contributed by atoms with Crippen LogP contribution in [0.25, 0.3) is 11.1 Å². The average Bonchev–Trinajstić information content (AvgIpc) is 3.27. The summed E-state index contributed by atoms with van der Waals surface area (Å²) in [7, 11) is 0. The van der Waals surface area contributed by atoms with Crippen molar-refractivity contribution in [2.75, 3.05) is 0 Å². The van der Waals surface area contributed by atoms with Gasteiger partial charge in [-0.2, -0.15) is 0 Å². The van der Waals surface area contributed by atoms with Gasteiger partial charge in [0.05, 0.1) is 11.1 Å². The van der Waals surface area contributed by atoms with Crippen molar-refractivity contribution in [1.82, 2.24) is 0 Å². The number of rotatable bonds is 0. The quantitative estimate of drug-likeness (QED) is 0.391. The highest BCUT2D eigenvalue weighted by Crippen LogP contribution is 2.28. The van der Waals surface area contributed by atoms with Crippen LogP contribution in [0.2, 0.25) is 0 Å². The van der Waals surface area contributed by atoms with Crippen molar-refractivity contribution in [3.8, 4) is 0 Å². The Morgan fingerprint density at radius 2 is 0.667 bits per heavy atom. The first kappa shape index (κ1) is 21.8. The van der Waals surface area contributed by atoms with Crippen molar-refractivity contribution in [3.05, 3.63) is 139 Å². The molecule has 0 radical (unpaired) electrons. The summed E-state index contributed by atoms with van der Waals surface area (Å²) < 4.78 is 0. The molecule has 0 bridgehead atoms. The van der Waals surface area contributed by atoms with E-state index in [0.717, 1.165) is 21.6 Å². The molecule has 4 aromatic rings. The van der Waals surface area contributed by atoms with Crippen molar-refractivity contribution < 1.29 is 19.2 Å². The summed E-state index contributed by atoms with van der Waals surface area (Å²) in [5, 5.41) is 2.96.